The number of nitrogens with one attached hydrogen (secondary N) is 1. The van der Waals surface area contributed by atoms with E-state index in [9.17, 15) is 18.0 Å². The highest BCUT2D eigenvalue weighted by Gasteiger charge is 2.40. The second-order valence-electron chi connectivity index (χ2n) is 8.94. The van der Waals surface area contributed by atoms with E-state index in [4.69, 9.17) is 4.74 Å². The maximum absolute atomic E-state index is 14.0. The van der Waals surface area contributed by atoms with Crippen LogP contribution in [0.2, 0.25) is 0 Å². The average molecular weight is 559 g/mol. The molecule has 1 aliphatic rings. The third-order valence-corrected chi connectivity index (χ3v) is 7.12. The summed E-state index contributed by atoms with van der Waals surface area (Å²) in [7, 11) is 1.43. The third kappa shape index (κ3) is 5.51. The normalized spacial score (nSPS) is 14.4. The van der Waals surface area contributed by atoms with Gasteiger partial charge in [-0.15, -0.1) is 11.8 Å². The molecule has 0 unspecified atom stereocenters. The van der Waals surface area contributed by atoms with Gasteiger partial charge >= 0.3 is 6.18 Å². The molecule has 4 aromatic heterocycles. The Morgan fingerprint density at radius 3 is 2.59 bits per heavy atom. The SMILES string of the molecule is CCSc1ccc(CNc2nc3cnc(-c4c(OC)ncnc4C4CC4)nc3n([C@@H](C)C(F)(F)F)c2=O)nc1. The summed E-state index contributed by atoms with van der Waals surface area (Å²) in [5.41, 5.74) is 0.439. The summed E-state index contributed by atoms with van der Waals surface area (Å²) in [6, 6.07) is 1.49. The smallest absolute Gasteiger partial charge is 0.409 e. The maximum atomic E-state index is 14.0. The van der Waals surface area contributed by atoms with Crippen LogP contribution in [0, 0.1) is 0 Å². The van der Waals surface area contributed by atoms with Gasteiger partial charge in [0.15, 0.2) is 17.3 Å². The Kier molecular flexibility index (Phi) is 7.38. The van der Waals surface area contributed by atoms with Gasteiger partial charge in [-0.2, -0.15) is 13.2 Å². The van der Waals surface area contributed by atoms with E-state index in [0.29, 0.717) is 21.5 Å². The molecule has 0 aromatic carbocycles. The number of hydrogen-bond donors (Lipinski definition) is 1. The molecule has 1 N–H and O–H groups in total. The fraction of sp³-hybridized carbons (Fsp3) is 0.400. The van der Waals surface area contributed by atoms with E-state index >= 15 is 0 Å². The number of pyridine rings is 1. The minimum atomic E-state index is -4.72. The highest BCUT2D eigenvalue weighted by molar-refractivity contribution is 7.99. The molecule has 0 spiro atoms. The van der Waals surface area contributed by atoms with Gasteiger partial charge in [-0.25, -0.2) is 24.9 Å². The second kappa shape index (κ2) is 10.8. The molecule has 1 aliphatic carbocycles. The minimum absolute atomic E-state index is 0.0170. The molecule has 0 amide bonds. The number of thioether (sulfide) groups is 1. The summed E-state index contributed by atoms with van der Waals surface area (Å²) in [4.78, 5) is 40.2. The van der Waals surface area contributed by atoms with Crippen molar-refractivity contribution in [3.05, 3.63) is 52.6 Å². The highest BCUT2D eigenvalue weighted by Crippen LogP contribution is 2.45. The lowest BCUT2D eigenvalue weighted by molar-refractivity contribution is -0.162. The zero-order chi connectivity index (χ0) is 27.7. The highest BCUT2D eigenvalue weighted by atomic mass is 32.2. The van der Waals surface area contributed by atoms with E-state index in [0.717, 1.165) is 30.4 Å². The van der Waals surface area contributed by atoms with E-state index in [-0.39, 0.29) is 41.1 Å². The first kappa shape index (κ1) is 26.8. The molecule has 5 rings (SSSR count). The molecular weight excluding hydrogens is 533 g/mol. The molecule has 39 heavy (non-hydrogen) atoms. The Labute approximate surface area is 225 Å². The predicted octanol–water partition coefficient (Wildman–Crippen LogP) is 4.77. The topological polar surface area (TPSA) is 121 Å². The van der Waals surface area contributed by atoms with Crippen molar-refractivity contribution in [3.63, 3.8) is 0 Å². The summed E-state index contributed by atoms with van der Waals surface area (Å²) in [5.74, 6) is 1.04. The lowest BCUT2D eigenvalue weighted by Gasteiger charge is -2.21. The van der Waals surface area contributed by atoms with E-state index < -0.39 is 17.8 Å². The lowest BCUT2D eigenvalue weighted by atomic mass is 10.1. The number of methoxy groups -OCH3 is 1. The standard InChI is InChI=1S/C25H25F3N8O2S/c1-4-39-16-8-7-15(29-10-16)9-30-21-24(37)36(13(2)25(26,27)28)22-17(34-21)11-31-20(35-22)18-19(14-5-6-14)32-12-33-23(18)38-3/h7-8,10-14H,4-6,9H2,1-3H3,(H,30,34)/t13-/m0/s1. The van der Waals surface area contributed by atoms with E-state index in [2.05, 4.69) is 35.2 Å². The zero-order valence-corrected chi connectivity index (χ0v) is 22.2. The van der Waals surface area contributed by atoms with Crippen LogP contribution < -0.4 is 15.6 Å². The zero-order valence-electron chi connectivity index (χ0n) is 21.4. The molecule has 1 atom stereocenters. The van der Waals surface area contributed by atoms with E-state index in [1.54, 1.807) is 24.0 Å². The Morgan fingerprint density at radius 2 is 1.95 bits per heavy atom. The largest absolute Gasteiger partial charge is 0.480 e. The number of aromatic nitrogens is 7. The molecule has 1 saturated carbocycles. The van der Waals surface area contributed by atoms with Crippen LogP contribution in [0.5, 0.6) is 5.88 Å². The van der Waals surface area contributed by atoms with Crippen LogP contribution in [0.4, 0.5) is 19.0 Å². The Bertz CT molecular complexity index is 1560. The molecule has 4 heterocycles. The quantitative estimate of drug-likeness (QED) is 0.288. The van der Waals surface area contributed by atoms with Gasteiger partial charge < -0.3 is 10.1 Å². The Hall–Kier alpha value is -3.81. The molecule has 10 nitrogen and oxygen atoms in total. The van der Waals surface area contributed by atoms with Crippen LogP contribution in [0.3, 0.4) is 0 Å². The van der Waals surface area contributed by atoms with Crippen molar-refractivity contribution < 1.29 is 17.9 Å². The van der Waals surface area contributed by atoms with Crippen molar-refractivity contribution in [1.29, 1.82) is 0 Å². The molecule has 0 bridgehead atoms. The first-order chi connectivity index (χ1) is 18.7. The van der Waals surface area contributed by atoms with E-state index in [1.807, 2.05) is 13.0 Å². The Balaban J connectivity index is 1.60. The van der Waals surface area contributed by atoms with Crippen LogP contribution in [0.25, 0.3) is 22.6 Å². The molecule has 14 heteroatoms. The lowest BCUT2D eigenvalue weighted by Crippen LogP contribution is -2.35. The van der Waals surface area contributed by atoms with Gasteiger partial charge in [0.05, 0.1) is 31.2 Å². The summed E-state index contributed by atoms with van der Waals surface area (Å²) < 4.78 is 47.8. The van der Waals surface area contributed by atoms with Crippen LogP contribution in [0.1, 0.15) is 50.0 Å². The van der Waals surface area contributed by atoms with Crippen molar-refractivity contribution in [1.82, 2.24) is 34.5 Å². The van der Waals surface area contributed by atoms with Gasteiger partial charge in [0.25, 0.3) is 5.56 Å². The summed E-state index contributed by atoms with van der Waals surface area (Å²) >= 11 is 1.63. The summed E-state index contributed by atoms with van der Waals surface area (Å²) in [6.45, 7) is 3.02. The monoisotopic (exact) mass is 558 g/mol. The molecule has 0 aliphatic heterocycles. The van der Waals surface area contributed by atoms with Gasteiger partial charge in [-0.05, 0) is 37.7 Å². The maximum Gasteiger partial charge on any atom is 0.409 e. The third-order valence-electron chi connectivity index (χ3n) is 6.26. The van der Waals surface area contributed by atoms with Gasteiger partial charge in [-0.1, -0.05) is 6.92 Å². The van der Waals surface area contributed by atoms with Gasteiger partial charge in [0.2, 0.25) is 5.88 Å². The van der Waals surface area contributed by atoms with Crippen LogP contribution in [-0.2, 0) is 6.54 Å². The molecular formula is C25H25F3N8O2S. The van der Waals surface area contributed by atoms with Crippen molar-refractivity contribution in [2.75, 3.05) is 18.2 Å². The molecule has 4 aromatic rings. The Morgan fingerprint density at radius 1 is 1.15 bits per heavy atom. The van der Waals surface area contributed by atoms with Gasteiger partial charge in [-0.3, -0.25) is 14.3 Å². The fourth-order valence-electron chi connectivity index (χ4n) is 4.10. The van der Waals surface area contributed by atoms with Crippen LogP contribution in [-0.4, -0.2) is 53.5 Å². The molecule has 1 fully saturated rings. The van der Waals surface area contributed by atoms with Gasteiger partial charge in [0, 0.05) is 17.0 Å². The molecule has 204 valence electrons. The number of halogens is 3. The van der Waals surface area contributed by atoms with E-state index in [1.165, 1.54) is 19.6 Å². The first-order valence-electron chi connectivity index (χ1n) is 12.3. The minimum Gasteiger partial charge on any atom is -0.480 e. The summed E-state index contributed by atoms with van der Waals surface area (Å²) in [5, 5.41) is 2.84. The van der Waals surface area contributed by atoms with Crippen molar-refractivity contribution in [2.24, 2.45) is 0 Å². The number of rotatable bonds is 9. The number of fused-ring (bicyclic) bond motifs is 1. The molecule has 0 radical (unpaired) electrons. The molecule has 0 saturated heterocycles. The van der Waals surface area contributed by atoms with Crippen molar-refractivity contribution in [3.8, 4) is 17.3 Å². The predicted molar refractivity (Wildman–Crippen MR) is 140 cm³/mol. The number of hydrogen-bond acceptors (Lipinski definition) is 10. The first-order valence-corrected chi connectivity index (χ1v) is 13.3. The van der Waals surface area contributed by atoms with Gasteiger partial charge in [0.1, 0.15) is 23.4 Å². The fourth-order valence-corrected chi connectivity index (χ4v) is 4.72. The average Bonchev–Trinajstić information content (AvgIpc) is 3.77. The number of nitrogens with zero attached hydrogens (tertiary/aromatic N) is 7. The number of anilines is 1. The second-order valence-corrected chi connectivity index (χ2v) is 10.3. The summed E-state index contributed by atoms with van der Waals surface area (Å²) in [6.07, 6.45) is 1.45. The van der Waals surface area contributed by atoms with Crippen molar-refractivity contribution >= 4 is 28.7 Å². The number of ether oxygens (including phenoxy) is 1. The van der Waals surface area contributed by atoms with Crippen molar-refractivity contribution in [2.45, 2.75) is 56.3 Å². The van der Waals surface area contributed by atoms with Crippen LogP contribution >= 0.6 is 11.8 Å². The van der Waals surface area contributed by atoms with Crippen LogP contribution in [0.15, 0.2) is 40.5 Å². The number of alkyl halides is 3.